The number of hydrogen-bond acceptors (Lipinski definition) is 3. The summed E-state index contributed by atoms with van der Waals surface area (Å²) >= 11 is 0. The molecule has 0 aliphatic carbocycles. The lowest BCUT2D eigenvalue weighted by Crippen LogP contribution is -2.45. The quantitative estimate of drug-likeness (QED) is 0.580. The van der Waals surface area contributed by atoms with E-state index in [0.717, 1.165) is 19.4 Å². The van der Waals surface area contributed by atoms with E-state index in [0.29, 0.717) is 6.54 Å². The SMILES string of the molecule is NC1CCCN(C(=O)CCO)C1. The summed E-state index contributed by atoms with van der Waals surface area (Å²) < 4.78 is 0. The lowest BCUT2D eigenvalue weighted by atomic mass is 10.1. The second-order valence-corrected chi connectivity index (χ2v) is 3.22. The Morgan fingerprint density at radius 3 is 3.00 bits per heavy atom. The number of amides is 1. The van der Waals surface area contributed by atoms with Gasteiger partial charge in [0.2, 0.25) is 5.91 Å². The van der Waals surface area contributed by atoms with Gasteiger partial charge in [0.15, 0.2) is 0 Å². The van der Waals surface area contributed by atoms with Crippen molar-refractivity contribution < 1.29 is 9.90 Å². The maximum Gasteiger partial charge on any atom is 0.224 e. The highest BCUT2D eigenvalue weighted by Gasteiger charge is 2.20. The molecule has 12 heavy (non-hydrogen) atoms. The van der Waals surface area contributed by atoms with Crippen LogP contribution in [-0.2, 0) is 4.79 Å². The fourth-order valence-electron chi connectivity index (χ4n) is 1.49. The average molecular weight is 172 g/mol. The molecule has 1 atom stereocenters. The van der Waals surface area contributed by atoms with E-state index < -0.39 is 0 Å². The van der Waals surface area contributed by atoms with Crippen LogP contribution in [0, 0.1) is 0 Å². The number of nitrogens with two attached hydrogens (primary N) is 1. The fourth-order valence-corrected chi connectivity index (χ4v) is 1.49. The van der Waals surface area contributed by atoms with Gasteiger partial charge in [-0.25, -0.2) is 0 Å². The Morgan fingerprint density at radius 2 is 2.42 bits per heavy atom. The van der Waals surface area contributed by atoms with E-state index in [1.54, 1.807) is 4.90 Å². The number of piperidine rings is 1. The predicted octanol–water partition coefficient (Wildman–Crippen LogP) is -0.681. The number of carbonyl (C=O) groups is 1. The van der Waals surface area contributed by atoms with Crippen LogP contribution in [0.4, 0.5) is 0 Å². The van der Waals surface area contributed by atoms with Gasteiger partial charge in [0.05, 0.1) is 6.61 Å². The van der Waals surface area contributed by atoms with E-state index in [1.807, 2.05) is 0 Å². The van der Waals surface area contributed by atoms with Crippen LogP contribution in [0.5, 0.6) is 0 Å². The summed E-state index contributed by atoms with van der Waals surface area (Å²) in [4.78, 5) is 13.0. The van der Waals surface area contributed by atoms with Crippen molar-refractivity contribution in [2.45, 2.75) is 25.3 Å². The molecule has 0 bridgehead atoms. The molecule has 1 saturated heterocycles. The summed E-state index contributed by atoms with van der Waals surface area (Å²) in [6.07, 6.45) is 2.22. The molecule has 1 aliphatic heterocycles. The smallest absolute Gasteiger partial charge is 0.224 e. The first-order chi connectivity index (χ1) is 5.74. The molecule has 1 unspecified atom stereocenters. The van der Waals surface area contributed by atoms with Crippen molar-refractivity contribution in [2.75, 3.05) is 19.7 Å². The zero-order valence-electron chi connectivity index (χ0n) is 7.20. The number of nitrogens with zero attached hydrogens (tertiary/aromatic N) is 1. The minimum atomic E-state index is -0.0649. The Balaban J connectivity index is 2.35. The molecule has 70 valence electrons. The zero-order chi connectivity index (χ0) is 8.97. The fraction of sp³-hybridized carbons (Fsp3) is 0.875. The number of likely N-dealkylation sites (tertiary alicyclic amines) is 1. The molecule has 0 radical (unpaired) electrons. The van der Waals surface area contributed by atoms with Crippen LogP contribution < -0.4 is 5.73 Å². The van der Waals surface area contributed by atoms with Crippen LogP contribution in [-0.4, -0.2) is 41.7 Å². The third-order valence-electron chi connectivity index (χ3n) is 2.14. The summed E-state index contributed by atoms with van der Waals surface area (Å²) in [6, 6.07) is 0.126. The van der Waals surface area contributed by atoms with Crippen LogP contribution in [0.2, 0.25) is 0 Å². The van der Waals surface area contributed by atoms with Gasteiger partial charge < -0.3 is 15.7 Å². The van der Waals surface area contributed by atoms with Crippen molar-refractivity contribution in [3.8, 4) is 0 Å². The van der Waals surface area contributed by atoms with Crippen molar-refractivity contribution in [1.29, 1.82) is 0 Å². The third-order valence-corrected chi connectivity index (χ3v) is 2.14. The predicted molar refractivity (Wildman–Crippen MR) is 45.5 cm³/mol. The molecule has 1 amide bonds. The molecule has 1 heterocycles. The molecular formula is C8H16N2O2. The Hall–Kier alpha value is -0.610. The van der Waals surface area contributed by atoms with Crippen molar-refractivity contribution >= 4 is 5.91 Å². The topological polar surface area (TPSA) is 66.6 Å². The van der Waals surface area contributed by atoms with E-state index in [1.165, 1.54) is 0 Å². The molecule has 1 aliphatic rings. The van der Waals surface area contributed by atoms with Gasteiger partial charge in [-0.3, -0.25) is 4.79 Å². The van der Waals surface area contributed by atoms with E-state index in [-0.39, 0.29) is 25.0 Å². The average Bonchev–Trinajstić information content (AvgIpc) is 2.05. The molecule has 4 nitrogen and oxygen atoms in total. The highest BCUT2D eigenvalue weighted by atomic mass is 16.3. The lowest BCUT2D eigenvalue weighted by Gasteiger charge is -2.30. The molecule has 1 fully saturated rings. The Labute approximate surface area is 72.3 Å². The van der Waals surface area contributed by atoms with Gasteiger partial charge in [0, 0.05) is 25.6 Å². The van der Waals surface area contributed by atoms with Crippen molar-refractivity contribution in [2.24, 2.45) is 5.73 Å². The molecule has 0 aromatic carbocycles. The van der Waals surface area contributed by atoms with Gasteiger partial charge in [-0.1, -0.05) is 0 Å². The van der Waals surface area contributed by atoms with Gasteiger partial charge in [-0.15, -0.1) is 0 Å². The van der Waals surface area contributed by atoms with Crippen LogP contribution in [0.25, 0.3) is 0 Å². The van der Waals surface area contributed by atoms with Gasteiger partial charge in [-0.2, -0.15) is 0 Å². The van der Waals surface area contributed by atoms with E-state index in [4.69, 9.17) is 10.8 Å². The minimum absolute atomic E-state index is 0.0210. The summed E-state index contributed by atoms with van der Waals surface area (Å²) in [5.41, 5.74) is 5.70. The molecule has 1 rings (SSSR count). The van der Waals surface area contributed by atoms with E-state index >= 15 is 0 Å². The number of hydrogen-bond donors (Lipinski definition) is 2. The first-order valence-corrected chi connectivity index (χ1v) is 4.38. The van der Waals surface area contributed by atoms with Crippen molar-refractivity contribution in [1.82, 2.24) is 4.90 Å². The highest BCUT2D eigenvalue weighted by molar-refractivity contribution is 5.76. The molecule has 3 N–H and O–H groups in total. The van der Waals surface area contributed by atoms with E-state index in [2.05, 4.69) is 0 Å². The molecule has 0 aromatic heterocycles. The van der Waals surface area contributed by atoms with E-state index in [9.17, 15) is 4.79 Å². The highest BCUT2D eigenvalue weighted by Crippen LogP contribution is 2.08. The Morgan fingerprint density at radius 1 is 1.67 bits per heavy atom. The molecule has 4 heteroatoms. The van der Waals surface area contributed by atoms with Gasteiger partial charge in [-0.05, 0) is 12.8 Å². The number of aliphatic hydroxyl groups is 1. The largest absolute Gasteiger partial charge is 0.396 e. The first-order valence-electron chi connectivity index (χ1n) is 4.38. The van der Waals surface area contributed by atoms with Crippen molar-refractivity contribution in [3.05, 3.63) is 0 Å². The maximum absolute atomic E-state index is 11.3. The second kappa shape index (κ2) is 4.42. The van der Waals surface area contributed by atoms with Gasteiger partial charge in [0.1, 0.15) is 0 Å². The lowest BCUT2D eigenvalue weighted by molar-refractivity contribution is -0.133. The third kappa shape index (κ3) is 2.46. The zero-order valence-corrected chi connectivity index (χ0v) is 7.20. The maximum atomic E-state index is 11.3. The molecule has 0 saturated carbocycles. The summed E-state index contributed by atoms with van der Waals surface area (Å²) in [7, 11) is 0. The molecule has 0 aromatic rings. The summed E-state index contributed by atoms with van der Waals surface area (Å²) in [5.74, 6) is 0.0210. The molecule has 0 spiro atoms. The number of carbonyl (C=O) groups excluding carboxylic acids is 1. The van der Waals surface area contributed by atoms with Crippen molar-refractivity contribution in [3.63, 3.8) is 0 Å². The summed E-state index contributed by atoms with van der Waals surface area (Å²) in [6.45, 7) is 1.38. The monoisotopic (exact) mass is 172 g/mol. The van der Waals surface area contributed by atoms with Crippen LogP contribution >= 0.6 is 0 Å². The number of rotatable bonds is 2. The Kier molecular flexibility index (Phi) is 3.49. The molecular weight excluding hydrogens is 156 g/mol. The second-order valence-electron chi connectivity index (χ2n) is 3.22. The van der Waals surface area contributed by atoms with Gasteiger partial charge in [0.25, 0.3) is 0 Å². The minimum Gasteiger partial charge on any atom is -0.396 e. The Bertz CT molecular complexity index is 161. The van der Waals surface area contributed by atoms with Crippen LogP contribution in [0.1, 0.15) is 19.3 Å². The van der Waals surface area contributed by atoms with Crippen LogP contribution in [0.15, 0.2) is 0 Å². The summed E-state index contributed by atoms with van der Waals surface area (Å²) in [5, 5.41) is 8.55. The number of aliphatic hydroxyl groups excluding tert-OH is 1. The van der Waals surface area contributed by atoms with Crippen LogP contribution in [0.3, 0.4) is 0 Å². The first kappa shape index (κ1) is 9.48. The standard InChI is InChI=1S/C8H16N2O2/c9-7-2-1-4-10(6-7)8(12)3-5-11/h7,11H,1-6,9H2. The van der Waals surface area contributed by atoms with Gasteiger partial charge >= 0.3 is 0 Å². The normalized spacial score (nSPS) is 24.2.